The molecule has 1 fully saturated rings. The lowest BCUT2D eigenvalue weighted by atomic mass is 10.2. The highest BCUT2D eigenvalue weighted by Crippen LogP contribution is 2.32. The van der Waals surface area contributed by atoms with E-state index in [9.17, 15) is 23.1 Å². The van der Waals surface area contributed by atoms with Crippen LogP contribution in [0.25, 0.3) is 0 Å². The number of benzene rings is 1. The van der Waals surface area contributed by atoms with E-state index in [4.69, 9.17) is 0 Å². The summed E-state index contributed by atoms with van der Waals surface area (Å²) in [5.41, 5.74) is 1.09. The number of hydrogen-bond acceptors (Lipinski definition) is 3. The summed E-state index contributed by atoms with van der Waals surface area (Å²) in [7, 11) is 0. The monoisotopic (exact) mass is 261 g/mol. The average molecular weight is 261 g/mol. The molecule has 1 aliphatic carbocycles. The van der Waals surface area contributed by atoms with Crippen LogP contribution in [-0.4, -0.2) is 17.3 Å². The molecule has 1 unspecified atom stereocenters. The fourth-order valence-corrected chi connectivity index (χ4v) is 1.35. The van der Waals surface area contributed by atoms with Crippen LogP contribution >= 0.6 is 0 Å². The van der Waals surface area contributed by atoms with Gasteiger partial charge < -0.3 is 5.11 Å². The molecular formula is C11H10F3NO3. The summed E-state index contributed by atoms with van der Waals surface area (Å²) < 4.78 is 38.7. The number of aliphatic hydroxyl groups excluding tert-OH is 1. The van der Waals surface area contributed by atoms with Gasteiger partial charge in [-0.3, -0.25) is 4.79 Å². The van der Waals surface area contributed by atoms with Crippen molar-refractivity contribution in [1.29, 1.82) is 0 Å². The van der Waals surface area contributed by atoms with Crippen molar-refractivity contribution in [2.45, 2.75) is 19.1 Å². The summed E-state index contributed by atoms with van der Waals surface area (Å²) in [5, 5.41) is 9.29. The summed E-state index contributed by atoms with van der Waals surface area (Å²) >= 11 is 0. The molecule has 0 saturated heterocycles. The van der Waals surface area contributed by atoms with Gasteiger partial charge >= 0.3 is 0 Å². The molecule has 1 atom stereocenters. The number of hydrogen-bond donors (Lipinski definition) is 2. The van der Waals surface area contributed by atoms with E-state index in [2.05, 4.69) is 4.84 Å². The molecule has 98 valence electrons. The van der Waals surface area contributed by atoms with E-state index in [-0.39, 0.29) is 5.92 Å². The van der Waals surface area contributed by atoms with Crippen LogP contribution in [-0.2, 0) is 4.84 Å². The topological polar surface area (TPSA) is 58.6 Å². The molecule has 1 aromatic rings. The summed E-state index contributed by atoms with van der Waals surface area (Å²) in [6, 6.07) is 1.42. The maximum absolute atomic E-state index is 13.2. The Hall–Kier alpha value is -1.60. The molecule has 0 heterocycles. The largest absolute Gasteiger partial charge is 0.366 e. The third-order valence-electron chi connectivity index (χ3n) is 2.58. The number of halogens is 3. The molecule has 2 N–H and O–H groups in total. The van der Waals surface area contributed by atoms with Gasteiger partial charge in [0.15, 0.2) is 23.7 Å². The Bertz CT molecular complexity index is 477. The number of hydroxylamine groups is 1. The van der Waals surface area contributed by atoms with Gasteiger partial charge in [0.25, 0.3) is 5.91 Å². The van der Waals surface area contributed by atoms with Crippen molar-refractivity contribution in [2.75, 3.05) is 0 Å². The molecule has 2 rings (SSSR count). The quantitative estimate of drug-likeness (QED) is 0.490. The number of rotatable bonds is 4. The number of nitrogens with one attached hydrogen (secondary N) is 1. The summed E-state index contributed by atoms with van der Waals surface area (Å²) in [5.74, 6) is -5.86. The van der Waals surface area contributed by atoms with Crippen LogP contribution in [0.15, 0.2) is 12.1 Å². The van der Waals surface area contributed by atoms with Crippen molar-refractivity contribution in [2.24, 2.45) is 5.92 Å². The normalized spacial score (nSPS) is 16.4. The van der Waals surface area contributed by atoms with Crippen LogP contribution < -0.4 is 5.48 Å². The molecule has 7 heteroatoms. The lowest BCUT2D eigenvalue weighted by Gasteiger charge is -2.11. The predicted molar refractivity (Wildman–Crippen MR) is 53.6 cm³/mol. The Labute approximate surface area is 100 Å². The Morgan fingerprint density at radius 2 is 2.00 bits per heavy atom. The molecule has 1 aliphatic rings. The van der Waals surface area contributed by atoms with Crippen molar-refractivity contribution >= 4 is 5.91 Å². The van der Waals surface area contributed by atoms with Crippen LogP contribution in [0, 0.1) is 23.4 Å². The third-order valence-corrected chi connectivity index (χ3v) is 2.58. The van der Waals surface area contributed by atoms with E-state index in [1.165, 1.54) is 0 Å². The van der Waals surface area contributed by atoms with Crippen molar-refractivity contribution in [3.05, 3.63) is 35.1 Å². The van der Waals surface area contributed by atoms with Crippen LogP contribution in [0.3, 0.4) is 0 Å². The molecule has 1 aromatic carbocycles. The molecule has 0 aromatic heterocycles. The minimum Gasteiger partial charge on any atom is -0.366 e. The van der Waals surface area contributed by atoms with Gasteiger partial charge in [-0.1, -0.05) is 0 Å². The van der Waals surface area contributed by atoms with Crippen LogP contribution in [0.5, 0.6) is 0 Å². The summed E-state index contributed by atoms with van der Waals surface area (Å²) in [6.45, 7) is 0. The van der Waals surface area contributed by atoms with Gasteiger partial charge in [-0.05, 0) is 25.0 Å². The second kappa shape index (κ2) is 4.95. The van der Waals surface area contributed by atoms with Crippen LogP contribution in [0.4, 0.5) is 13.2 Å². The number of carbonyl (C=O) groups is 1. The summed E-state index contributed by atoms with van der Waals surface area (Å²) in [6.07, 6.45) is 0.370. The standard InChI is InChI=1S/C11H10F3NO3/c12-7-4-3-6(8(13)9(7)14)10(16)15-18-11(17)5-1-2-5/h3-5,11,17H,1-2H2,(H,15,16). The number of carbonyl (C=O) groups excluding carboxylic acids is 1. The zero-order valence-electron chi connectivity index (χ0n) is 9.12. The van der Waals surface area contributed by atoms with Crippen molar-refractivity contribution in [1.82, 2.24) is 5.48 Å². The van der Waals surface area contributed by atoms with Gasteiger partial charge in [0.2, 0.25) is 0 Å². The molecule has 0 bridgehead atoms. The van der Waals surface area contributed by atoms with Gasteiger partial charge in [-0.15, -0.1) is 0 Å². The van der Waals surface area contributed by atoms with Gasteiger partial charge in [-0.25, -0.2) is 23.5 Å². The second-order valence-corrected chi connectivity index (χ2v) is 4.00. The van der Waals surface area contributed by atoms with E-state index < -0.39 is 35.2 Å². The van der Waals surface area contributed by atoms with Gasteiger partial charge in [0, 0.05) is 5.92 Å². The third kappa shape index (κ3) is 2.62. The Morgan fingerprint density at radius 3 is 2.61 bits per heavy atom. The lowest BCUT2D eigenvalue weighted by molar-refractivity contribution is -0.145. The first kappa shape index (κ1) is 12.8. The zero-order chi connectivity index (χ0) is 13.3. The lowest BCUT2D eigenvalue weighted by Crippen LogP contribution is -2.31. The van der Waals surface area contributed by atoms with E-state index in [0.29, 0.717) is 6.07 Å². The fraction of sp³-hybridized carbons (Fsp3) is 0.364. The molecular weight excluding hydrogens is 251 g/mol. The first-order valence-corrected chi connectivity index (χ1v) is 5.28. The molecule has 4 nitrogen and oxygen atoms in total. The maximum atomic E-state index is 13.2. The molecule has 18 heavy (non-hydrogen) atoms. The van der Waals surface area contributed by atoms with E-state index in [1.54, 1.807) is 5.48 Å². The first-order chi connectivity index (χ1) is 8.50. The fourth-order valence-electron chi connectivity index (χ4n) is 1.35. The minimum atomic E-state index is -1.73. The van der Waals surface area contributed by atoms with Crippen LogP contribution in [0.1, 0.15) is 23.2 Å². The number of amides is 1. The van der Waals surface area contributed by atoms with Gasteiger partial charge in [0.1, 0.15) is 0 Å². The minimum absolute atomic E-state index is 0.0555. The Morgan fingerprint density at radius 1 is 1.33 bits per heavy atom. The molecule has 0 radical (unpaired) electrons. The highest BCUT2D eigenvalue weighted by Gasteiger charge is 2.31. The average Bonchev–Trinajstić information content (AvgIpc) is 3.17. The first-order valence-electron chi connectivity index (χ1n) is 5.28. The van der Waals surface area contributed by atoms with Crippen molar-refractivity contribution in [3.8, 4) is 0 Å². The van der Waals surface area contributed by atoms with Crippen LogP contribution in [0.2, 0.25) is 0 Å². The van der Waals surface area contributed by atoms with Crippen molar-refractivity contribution in [3.63, 3.8) is 0 Å². The smallest absolute Gasteiger partial charge is 0.278 e. The van der Waals surface area contributed by atoms with E-state index in [0.717, 1.165) is 18.9 Å². The predicted octanol–water partition coefficient (Wildman–Crippen LogP) is 1.49. The molecule has 1 saturated carbocycles. The Balaban J connectivity index is 2.02. The molecule has 0 spiro atoms. The van der Waals surface area contributed by atoms with E-state index >= 15 is 0 Å². The molecule has 0 aliphatic heterocycles. The maximum Gasteiger partial charge on any atom is 0.278 e. The summed E-state index contributed by atoms with van der Waals surface area (Å²) in [4.78, 5) is 16.0. The van der Waals surface area contributed by atoms with Crippen molar-refractivity contribution < 1.29 is 27.9 Å². The second-order valence-electron chi connectivity index (χ2n) is 4.00. The highest BCUT2D eigenvalue weighted by atomic mass is 19.2. The Kier molecular flexibility index (Phi) is 3.53. The van der Waals surface area contributed by atoms with Gasteiger partial charge in [-0.2, -0.15) is 0 Å². The SMILES string of the molecule is O=C(NOC(O)C1CC1)c1ccc(F)c(F)c1F. The highest BCUT2D eigenvalue weighted by molar-refractivity contribution is 5.93. The zero-order valence-corrected chi connectivity index (χ0v) is 9.12. The molecule has 1 amide bonds. The van der Waals surface area contributed by atoms with E-state index in [1.807, 2.05) is 0 Å². The number of aliphatic hydroxyl groups is 1. The van der Waals surface area contributed by atoms with Gasteiger partial charge in [0.05, 0.1) is 5.56 Å².